The molecule has 0 spiro atoms. The van der Waals surface area contributed by atoms with Gasteiger partial charge in [0.1, 0.15) is 5.75 Å². The van der Waals surface area contributed by atoms with Crippen LogP contribution in [0.5, 0.6) is 5.75 Å². The molecule has 100 valence electrons. The maximum Gasteiger partial charge on any atom is 0.123 e. The summed E-state index contributed by atoms with van der Waals surface area (Å²) in [7, 11) is 0. The Bertz CT molecular complexity index is 415. The average Bonchev–Trinajstić information content (AvgIpc) is 2.77. The van der Waals surface area contributed by atoms with E-state index in [1.807, 2.05) is 12.1 Å². The number of phenols is 1. The quantitative estimate of drug-likeness (QED) is 0.865. The zero-order chi connectivity index (χ0) is 13.3. The van der Waals surface area contributed by atoms with Crippen molar-refractivity contribution >= 4 is 5.69 Å². The van der Waals surface area contributed by atoms with E-state index in [-0.39, 0.29) is 5.75 Å². The van der Waals surface area contributed by atoms with E-state index in [0.29, 0.717) is 11.5 Å². The Balaban J connectivity index is 2.13. The van der Waals surface area contributed by atoms with Gasteiger partial charge in [0.2, 0.25) is 0 Å². The summed E-state index contributed by atoms with van der Waals surface area (Å²) >= 11 is 0. The minimum atomic E-state index is -0.624. The summed E-state index contributed by atoms with van der Waals surface area (Å²) in [4.78, 5) is 2.32. The summed E-state index contributed by atoms with van der Waals surface area (Å²) in [6, 6.07) is 5.58. The Hall–Kier alpha value is -1.22. The van der Waals surface area contributed by atoms with Gasteiger partial charge >= 0.3 is 0 Å². The number of phenolic OH excluding ortho intramolecular Hbond substituents is 1. The Kier molecular flexibility index (Phi) is 3.81. The highest BCUT2D eigenvalue weighted by molar-refractivity contribution is 5.54. The van der Waals surface area contributed by atoms with E-state index < -0.39 is 6.10 Å². The largest absolute Gasteiger partial charge is 0.507 e. The van der Waals surface area contributed by atoms with Crippen LogP contribution >= 0.6 is 0 Å². The molecule has 18 heavy (non-hydrogen) atoms. The zero-order valence-corrected chi connectivity index (χ0v) is 11.4. The minimum absolute atomic E-state index is 0.190. The molecule has 0 bridgehead atoms. The first-order chi connectivity index (χ1) is 8.49. The summed E-state index contributed by atoms with van der Waals surface area (Å²) < 4.78 is 0. The van der Waals surface area contributed by atoms with Gasteiger partial charge in [-0.05, 0) is 31.2 Å². The van der Waals surface area contributed by atoms with Gasteiger partial charge in [0.25, 0.3) is 0 Å². The first-order valence-electron chi connectivity index (χ1n) is 6.75. The Morgan fingerprint density at radius 2 is 2.00 bits per heavy atom. The zero-order valence-electron chi connectivity index (χ0n) is 11.4. The van der Waals surface area contributed by atoms with Crippen LogP contribution in [0, 0.1) is 11.8 Å². The molecule has 1 saturated heterocycles. The van der Waals surface area contributed by atoms with Gasteiger partial charge in [0, 0.05) is 30.4 Å². The number of aliphatic hydroxyl groups excluding tert-OH is 1. The summed E-state index contributed by atoms with van der Waals surface area (Å²) in [5, 5.41) is 19.4. The number of hydrogen-bond acceptors (Lipinski definition) is 3. The summed E-state index contributed by atoms with van der Waals surface area (Å²) in [6.07, 6.45) is 0.595. The van der Waals surface area contributed by atoms with Crippen molar-refractivity contribution in [3.05, 3.63) is 23.8 Å². The molecule has 1 aliphatic heterocycles. The van der Waals surface area contributed by atoms with Crippen LogP contribution < -0.4 is 4.90 Å². The number of aliphatic hydroxyl groups is 1. The second-order valence-corrected chi connectivity index (χ2v) is 5.66. The molecule has 0 saturated carbocycles. The molecule has 0 amide bonds. The number of aromatic hydroxyl groups is 1. The predicted octanol–water partition coefficient (Wildman–Crippen LogP) is 2.93. The number of benzene rings is 1. The van der Waals surface area contributed by atoms with Crippen molar-refractivity contribution in [1.29, 1.82) is 0 Å². The van der Waals surface area contributed by atoms with Crippen LogP contribution in [-0.4, -0.2) is 23.3 Å². The highest BCUT2D eigenvalue weighted by Gasteiger charge is 2.25. The molecule has 0 aromatic heterocycles. The first kappa shape index (κ1) is 13.2. The van der Waals surface area contributed by atoms with Crippen molar-refractivity contribution in [1.82, 2.24) is 0 Å². The van der Waals surface area contributed by atoms with Gasteiger partial charge in [-0.3, -0.25) is 0 Å². The number of hydrogen-bond donors (Lipinski definition) is 2. The number of rotatable bonds is 3. The van der Waals surface area contributed by atoms with Gasteiger partial charge in [-0.1, -0.05) is 19.9 Å². The lowest BCUT2D eigenvalue weighted by Gasteiger charge is -2.21. The molecule has 3 nitrogen and oxygen atoms in total. The normalized spacial score (nSPS) is 21.6. The predicted molar refractivity (Wildman–Crippen MR) is 73.9 cm³/mol. The smallest absolute Gasteiger partial charge is 0.123 e. The fraction of sp³-hybridized carbons (Fsp3) is 0.600. The van der Waals surface area contributed by atoms with Crippen LogP contribution in [0.15, 0.2) is 18.2 Å². The molecule has 1 aromatic rings. The molecule has 0 radical (unpaired) electrons. The lowest BCUT2D eigenvalue weighted by Crippen LogP contribution is -2.21. The van der Waals surface area contributed by atoms with Gasteiger partial charge in [-0.2, -0.15) is 0 Å². The Morgan fingerprint density at radius 3 is 2.50 bits per heavy atom. The molecule has 1 heterocycles. The van der Waals surface area contributed by atoms with Crippen LogP contribution in [0.25, 0.3) is 0 Å². The van der Waals surface area contributed by atoms with Crippen LogP contribution in [0.4, 0.5) is 5.69 Å². The average molecular weight is 249 g/mol. The van der Waals surface area contributed by atoms with Crippen molar-refractivity contribution < 1.29 is 10.2 Å². The molecular formula is C15H23NO2. The maximum atomic E-state index is 9.91. The van der Waals surface area contributed by atoms with E-state index in [1.54, 1.807) is 13.0 Å². The Morgan fingerprint density at radius 1 is 1.28 bits per heavy atom. The number of nitrogens with zero attached hydrogens (tertiary/aromatic N) is 1. The van der Waals surface area contributed by atoms with Crippen molar-refractivity contribution in [2.75, 3.05) is 18.0 Å². The fourth-order valence-electron chi connectivity index (χ4n) is 2.65. The maximum absolute atomic E-state index is 9.91. The van der Waals surface area contributed by atoms with E-state index in [9.17, 15) is 10.2 Å². The van der Waals surface area contributed by atoms with Crippen molar-refractivity contribution in [2.24, 2.45) is 11.8 Å². The van der Waals surface area contributed by atoms with Crippen LogP contribution in [0.1, 0.15) is 38.9 Å². The molecule has 2 unspecified atom stereocenters. The molecule has 2 N–H and O–H groups in total. The molecule has 2 atom stereocenters. The summed E-state index contributed by atoms with van der Waals surface area (Å²) in [5.74, 6) is 1.64. The third-order valence-electron chi connectivity index (χ3n) is 4.00. The van der Waals surface area contributed by atoms with Gasteiger partial charge in [-0.25, -0.2) is 0 Å². The lowest BCUT2D eigenvalue weighted by molar-refractivity contribution is 0.195. The molecule has 2 rings (SSSR count). The lowest BCUT2D eigenvalue weighted by atomic mass is 9.95. The Labute approximate surface area is 109 Å². The van der Waals surface area contributed by atoms with E-state index in [2.05, 4.69) is 18.7 Å². The fourth-order valence-corrected chi connectivity index (χ4v) is 2.65. The monoisotopic (exact) mass is 249 g/mol. The van der Waals surface area contributed by atoms with Crippen molar-refractivity contribution in [3.63, 3.8) is 0 Å². The van der Waals surface area contributed by atoms with Crippen LogP contribution in [0.3, 0.4) is 0 Å². The second kappa shape index (κ2) is 5.19. The van der Waals surface area contributed by atoms with E-state index in [0.717, 1.165) is 24.7 Å². The molecule has 3 heteroatoms. The SMILES string of the molecule is CC(O)c1ccc(N2CCC(C(C)C)C2)cc1O. The van der Waals surface area contributed by atoms with Gasteiger partial charge in [-0.15, -0.1) is 0 Å². The topological polar surface area (TPSA) is 43.7 Å². The van der Waals surface area contributed by atoms with Gasteiger partial charge in [0.15, 0.2) is 0 Å². The van der Waals surface area contributed by atoms with E-state index in [1.165, 1.54) is 6.42 Å². The third-order valence-corrected chi connectivity index (χ3v) is 4.00. The van der Waals surface area contributed by atoms with Gasteiger partial charge < -0.3 is 15.1 Å². The van der Waals surface area contributed by atoms with E-state index in [4.69, 9.17) is 0 Å². The van der Waals surface area contributed by atoms with Crippen molar-refractivity contribution in [3.8, 4) is 5.75 Å². The summed E-state index contributed by atoms with van der Waals surface area (Å²) in [6.45, 7) is 8.31. The minimum Gasteiger partial charge on any atom is -0.507 e. The highest BCUT2D eigenvalue weighted by atomic mass is 16.3. The molecule has 1 aromatic carbocycles. The molecule has 1 fully saturated rings. The van der Waals surface area contributed by atoms with Crippen LogP contribution in [0.2, 0.25) is 0 Å². The summed E-state index contributed by atoms with van der Waals surface area (Å²) in [5.41, 5.74) is 1.65. The molecular weight excluding hydrogens is 226 g/mol. The van der Waals surface area contributed by atoms with E-state index >= 15 is 0 Å². The second-order valence-electron chi connectivity index (χ2n) is 5.66. The standard InChI is InChI=1S/C15H23NO2/c1-10(2)12-6-7-16(9-12)13-4-5-14(11(3)17)15(18)8-13/h4-5,8,10-12,17-18H,6-7,9H2,1-3H3. The third kappa shape index (κ3) is 2.61. The first-order valence-corrected chi connectivity index (χ1v) is 6.75. The molecule has 0 aliphatic carbocycles. The van der Waals surface area contributed by atoms with Gasteiger partial charge in [0.05, 0.1) is 6.10 Å². The van der Waals surface area contributed by atoms with Crippen LogP contribution in [-0.2, 0) is 0 Å². The molecule has 1 aliphatic rings. The highest BCUT2D eigenvalue weighted by Crippen LogP contribution is 2.33. The van der Waals surface area contributed by atoms with Crippen molar-refractivity contribution in [2.45, 2.75) is 33.3 Å². The number of anilines is 1.